The third-order valence-corrected chi connectivity index (χ3v) is 3.27. The molecule has 2 aromatic rings. The lowest BCUT2D eigenvalue weighted by atomic mass is 10.4. The summed E-state index contributed by atoms with van der Waals surface area (Å²) < 4.78 is 5.37. The molecule has 0 saturated heterocycles. The average molecular weight is 293 g/mol. The summed E-state index contributed by atoms with van der Waals surface area (Å²) in [5.41, 5.74) is 1.82. The molecule has 0 atom stereocenters. The van der Waals surface area contributed by atoms with Crippen LogP contribution in [0.4, 0.5) is 11.6 Å². The van der Waals surface area contributed by atoms with E-state index >= 15 is 0 Å². The van der Waals surface area contributed by atoms with Crippen LogP contribution in [0.2, 0.25) is 0 Å². The number of rotatable bonds is 8. The van der Waals surface area contributed by atoms with Gasteiger partial charge in [0.15, 0.2) is 5.82 Å². The minimum absolute atomic E-state index is 0.422. The molecule has 0 spiro atoms. The first-order chi connectivity index (χ1) is 9.81. The van der Waals surface area contributed by atoms with Crippen molar-refractivity contribution in [2.24, 2.45) is 0 Å². The maximum Gasteiger partial charge on any atom is 0.158 e. The van der Waals surface area contributed by atoms with Crippen LogP contribution in [0.25, 0.3) is 0 Å². The molecule has 2 heterocycles. The van der Waals surface area contributed by atoms with E-state index in [0.717, 1.165) is 18.2 Å². The predicted molar refractivity (Wildman–Crippen MR) is 81.0 cm³/mol. The smallest absolute Gasteiger partial charge is 0.158 e. The molecule has 7 heteroatoms. The predicted octanol–water partition coefficient (Wildman–Crippen LogP) is 2.51. The Morgan fingerprint density at radius 2 is 2.00 bits per heavy atom. The van der Waals surface area contributed by atoms with Crippen LogP contribution in [0.3, 0.4) is 0 Å². The highest BCUT2D eigenvalue weighted by Crippen LogP contribution is 2.14. The largest absolute Gasteiger partial charge is 0.374 e. The van der Waals surface area contributed by atoms with E-state index < -0.39 is 0 Å². The molecule has 0 unspecified atom stereocenters. The second kappa shape index (κ2) is 7.76. The van der Waals surface area contributed by atoms with Gasteiger partial charge >= 0.3 is 0 Å². The van der Waals surface area contributed by atoms with Crippen molar-refractivity contribution in [2.75, 3.05) is 23.8 Å². The lowest BCUT2D eigenvalue weighted by molar-refractivity contribution is 0.128. The van der Waals surface area contributed by atoms with Crippen LogP contribution in [0.5, 0.6) is 0 Å². The zero-order chi connectivity index (χ0) is 14.2. The van der Waals surface area contributed by atoms with Crippen LogP contribution in [0, 0.1) is 0 Å². The lowest BCUT2D eigenvalue weighted by Crippen LogP contribution is -2.08. The Kier molecular flexibility index (Phi) is 5.69. The molecule has 0 aromatic carbocycles. The van der Waals surface area contributed by atoms with Gasteiger partial charge in [-0.15, -0.1) is 11.3 Å². The van der Waals surface area contributed by atoms with Crippen LogP contribution in [0.15, 0.2) is 17.8 Å². The highest BCUT2D eigenvalue weighted by Gasteiger charge is 2.05. The van der Waals surface area contributed by atoms with Crippen molar-refractivity contribution >= 4 is 23.0 Å². The number of nitrogens with one attached hydrogen (secondary N) is 2. The van der Waals surface area contributed by atoms with E-state index in [4.69, 9.17) is 4.74 Å². The first-order valence-corrected chi connectivity index (χ1v) is 7.50. The van der Waals surface area contributed by atoms with E-state index in [2.05, 4.69) is 25.6 Å². The number of hydrogen-bond acceptors (Lipinski definition) is 7. The van der Waals surface area contributed by atoms with E-state index in [9.17, 15) is 0 Å². The summed E-state index contributed by atoms with van der Waals surface area (Å²) in [5, 5.41) is 6.49. The minimum Gasteiger partial charge on any atom is -0.374 e. The van der Waals surface area contributed by atoms with Crippen LogP contribution in [-0.4, -0.2) is 28.1 Å². The van der Waals surface area contributed by atoms with E-state index in [1.807, 2.05) is 31.6 Å². The number of hydrogen-bond donors (Lipinski definition) is 2. The van der Waals surface area contributed by atoms with Crippen molar-refractivity contribution in [2.45, 2.75) is 27.0 Å². The Morgan fingerprint density at radius 1 is 1.20 bits per heavy atom. The van der Waals surface area contributed by atoms with E-state index in [1.54, 1.807) is 11.3 Å². The van der Waals surface area contributed by atoms with Gasteiger partial charge < -0.3 is 15.4 Å². The summed E-state index contributed by atoms with van der Waals surface area (Å²) in [6.07, 6.45) is 1.85. The highest BCUT2D eigenvalue weighted by molar-refractivity contribution is 7.09. The molecular formula is C13H19N5OS. The van der Waals surface area contributed by atoms with Gasteiger partial charge in [-0.1, -0.05) is 0 Å². The fourth-order valence-corrected chi connectivity index (χ4v) is 2.16. The van der Waals surface area contributed by atoms with E-state index in [0.29, 0.717) is 25.6 Å². The van der Waals surface area contributed by atoms with Gasteiger partial charge in [-0.3, -0.25) is 4.98 Å². The molecule has 0 aliphatic rings. The minimum atomic E-state index is 0.422. The van der Waals surface area contributed by atoms with Crippen molar-refractivity contribution in [3.05, 3.63) is 28.5 Å². The van der Waals surface area contributed by atoms with Gasteiger partial charge in [0.2, 0.25) is 0 Å². The molecule has 108 valence electrons. The third-order valence-electron chi connectivity index (χ3n) is 2.49. The first-order valence-electron chi connectivity index (χ1n) is 6.62. The van der Waals surface area contributed by atoms with E-state index in [-0.39, 0.29) is 0 Å². The van der Waals surface area contributed by atoms with Crippen molar-refractivity contribution in [1.82, 2.24) is 15.0 Å². The van der Waals surface area contributed by atoms with Gasteiger partial charge in [0.05, 0.1) is 12.1 Å². The van der Waals surface area contributed by atoms with Gasteiger partial charge in [0, 0.05) is 30.3 Å². The molecule has 2 aromatic heterocycles. The molecule has 2 rings (SSSR count). The summed E-state index contributed by atoms with van der Waals surface area (Å²) in [4.78, 5) is 14.1. The summed E-state index contributed by atoms with van der Waals surface area (Å²) in [6.45, 7) is 6.59. The van der Waals surface area contributed by atoms with Crippen LogP contribution < -0.4 is 10.6 Å². The SMILES string of the molecule is CCNc1cc(NCc2cncs2)nc(COCC)n1. The number of anilines is 2. The van der Waals surface area contributed by atoms with Gasteiger partial charge in [-0.2, -0.15) is 0 Å². The van der Waals surface area contributed by atoms with Crippen LogP contribution in [0.1, 0.15) is 24.5 Å². The van der Waals surface area contributed by atoms with Gasteiger partial charge in [0.25, 0.3) is 0 Å². The molecule has 0 aliphatic heterocycles. The summed E-state index contributed by atoms with van der Waals surface area (Å²) in [5.74, 6) is 2.28. The number of aromatic nitrogens is 3. The maximum atomic E-state index is 5.37. The molecule has 0 bridgehead atoms. The third kappa shape index (κ3) is 4.43. The molecular weight excluding hydrogens is 274 g/mol. The molecule has 6 nitrogen and oxygen atoms in total. The fourth-order valence-electron chi connectivity index (χ4n) is 1.62. The zero-order valence-corrected chi connectivity index (χ0v) is 12.5. The molecule has 2 N–H and O–H groups in total. The second-order valence-corrected chi connectivity index (χ2v) is 5.01. The Hall–Kier alpha value is -1.73. The van der Waals surface area contributed by atoms with Crippen molar-refractivity contribution in [1.29, 1.82) is 0 Å². The monoisotopic (exact) mass is 293 g/mol. The quantitative estimate of drug-likeness (QED) is 0.779. The maximum absolute atomic E-state index is 5.37. The number of nitrogens with zero attached hydrogens (tertiary/aromatic N) is 3. The number of ether oxygens (including phenoxy) is 1. The van der Waals surface area contributed by atoms with Crippen molar-refractivity contribution < 1.29 is 4.74 Å². The summed E-state index contributed by atoms with van der Waals surface area (Å²) >= 11 is 1.62. The zero-order valence-electron chi connectivity index (χ0n) is 11.7. The van der Waals surface area contributed by atoms with Gasteiger partial charge in [-0.05, 0) is 13.8 Å². The lowest BCUT2D eigenvalue weighted by Gasteiger charge is -2.10. The normalized spacial score (nSPS) is 10.5. The van der Waals surface area contributed by atoms with E-state index in [1.165, 1.54) is 4.88 Å². The Bertz CT molecular complexity index is 517. The molecule has 0 amide bonds. The molecule has 0 saturated carbocycles. The molecule has 0 fully saturated rings. The Morgan fingerprint density at radius 3 is 2.65 bits per heavy atom. The average Bonchev–Trinajstić information content (AvgIpc) is 2.96. The van der Waals surface area contributed by atoms with Crippen molar-refractivity contribution in [3.8, 4) is 0 Å². The first kappa shape index (κ1) is 14.7. The summed E-state index contributed by atoms with van der Waals surface area (Å²) in [7, 11) is 0. The van der Waals surface area contributed by atoms with Crippen molar-refractivity contribution in [3.63, 3.8) is 0 Å². The number of thiazole rings is 1. The highest BCUT2D eigenvalue weighted by atomic mass is 32.1. The Balaban J connectivity index is 2.06. The second-order valence-electron chi connectivity index (χ2n) is 4.04. The summed E-state index contributed by atoms with van der Waals surface area (Å²) in [6, 6.07) is 1.90. The Labute approximate surface area is 122 Å². The molecule has 0 aliphatic carbocycles. The fraction of sp³-hybridized carbons (Fsp3) is 0.462. The van der Waals surface area contributed by atoms with Gasteiger partial charge in [-0.25, -0.2) is 9.97 Å². The standard InChI is InChI=1S/C13H19N5OS/c1-3-15-11-5-12(16-7-10-6-14-9-20-10)18-13(17-11)8-19-4-2/h5-6,9H,3-4,7-8H2,1-2H3,(H2,15,16,17,18). The molecule has 20 heavy (non-hydrogen) atoms. The topological polar surface area (TPSA) is 72.0 Å². The van der Waals surface area contributed by atoms with Crippen LogP contribution >= 0.6 is 11.3 Å². The van der Waals surface area contributed by atoms with Gasteiger partial charge in [0.1, 0.15) is 18.2 Å². The van der Waals surface area contributed by atoms with Crippen LogP contribution in [-0.2, 0) is 17.9 Å². The molecule has 0 radical (unpaired) electrons.